The first-order chi connectivity index (χ1) is 7.24. The molecule has 0 amide bonds. The van der Waals surface area contributed by atoms with Crippen molar-refractivity contribution < 1.29 is 9.47 Å². The minimum Gasteiger partial charge on any atom is -0.382 e. The molecule has 0 radical (unpaired) electrons. The van der Waals surface area contributed by atoms with Gasteiger partial charge in [-0.2, -0.15) is 0 Å². The van der Waals surface area contributed by atoms with Crippen molar-refractivity contribution in [2.45, 2.75) is 19.4 Å². The van der Waals surface area contributed by atoms with Crippen LogP contribution in [0.15, 0.2) is 0 Å². The second-order valence-electron chi connectivity index (χ2n) is 4.34. The number of nitrogens with zero attached hydrogens (tertiary/aromatic N) is 1. The highest BCUT2D eigenvalue weighted by Gasteiger charge is 2.22. The molecular weight excluding hydrogens is 192 g/mol. The van der Waals surface area contributed by atoms with Crippen molar-refractivity contribution in [1.29, 1.82) is 0 Å². The molecule has 0 bridgehead atoms. The molecule has 4 nitrogen and oxygen atoms in total. The minimum absolute atomic E-state index is 0.385. The molecule has 2 N–H and O–H groups in total. The number of hydrogen-bond donors (Lipinski definition) is 1. The Morgan fingerprint density at radius 2 is 2.13 bits per heavy atom. The van der Waals surface area contributed by atoms with E-state index in [-0.39, 0.29) is 0 Å². The van der Waals surface area contributed by atoms with Gasteiger partial charge in [-0.05, 0) is 18.9 Å². The number of rotatable bonds is 6. The third-order valence-electron chi connectivity index (χ3n) is 3.04. The zero-order valence-electron chi connectivity index (χ0n) is 9.95. The van der Waals surface area contributed by atoms with Gasteiger partial charge in [0.15, 0.2) is 0 Å². The van der Waals surface area contributed by atoms with Crippen LogP contribution < -0.4 is 5.73 Å². The lowest BCUT2D eigenvalue weighted by atomic mass is 9.95. The van der Waals surface area contributed by atoms with E-state index in [1.807, 2.05) is 0 Å². The van der Waals surface area contributed by atoms with E-state index in [9.17, 15) is 0 Å². The van der Waals surface area contributed by atoms with Crippen molar-refractivity contribution in [1.82, 2.24) is 4.90 Å². The molecule has 1 aliphatic heterocycles. The van der Waals surface area contributed by atoms with Crippen molar-refractivity contribution in [3.8, 4) is 0 Å². The lowest BCUT2D eigenvalue weighted by Crippen LogP contribution is -2.46. The van der Waals surface area contributed by atoms with Crippen molar-refractivity contribution in [3.63, 3.8) is 0 Å². The molecule has 0 aliphatic carbocycles. The molecule has 0 aromatic carbocycles. The van der Waals surface area contributed by atoms with Crippen LogP contribution in [0.4, 0.5) is 0 Å². The first-order valence-electron chi connectivity index (χ1n) is 5.78. The Hall–Kier alpha value is -0.160. The number of ether oxygens (including phenoxy) is 2. The number of nitrogens with two attached hydrogens (primary N) is 1. The second-order valence-corrected chi connectivity index (χ2v) is 4.34. The summed E-state index contributed by atoms with van der Waals surface area (Å²) in [6.07, 6.45) is 1.11. The quantitative estimate of drug-likeness (QED) is 0.650. The predicted octanol–water partition coefficient (Wildman–Crippen LogP) is 0.319. The molecule has 1 fully saturated rings. The topological polar surface area (TPSA) is 47.7 Å². The van der Waals surface area contributed by atoms with Gasteiger partial charge < -0.3 is 20.1 Å². The van der Waals surface area contributed by atoms with Gasteiger partial charge in [-0.25, -0.2) is 0 Å². The van der Waals surface area contributed by atoms with E-state index in [4.69, 9.17) is 15.2 Å². The summed E-state index contributed by atoms with van der Waals surface area (Å²) in [5, 5.41) is 0. The van der Waals surface area contributed by atoms with E-state index in [1.54, 1.807) is 7.11 Å². The van der Waals surface area contributed by atoms with Crippen LogP contribution in [0.25, 0.3) is 0 Å². The fourth-order valence-electron chi connectivity index (χ4n) is 1.89. The van der Waals surface area contributed by atoms with Crippen molar-refractivity contribution >= 4 is 0 Å². The standard InChI is InChI=1S/C11H24N2O2/c1-10-9-13(4-3-11(10)12)5-6-15-8-7-14-2/h10-11H,3-9,12H2,1-2H3. The molecule has 0 spiro atoms. The average Bonchev–Trinajstić information content (AvgIpc) is 2.23. The normalized spacial score (nSPS) is 28.2. The summed E-state index contributed by atoms with van der Waals surface area (Å²) in [5.41, 5.74) is 5.96. The Morgan fingerprint density at radius 3 is 2.80 bits per heavy atom. The molecule has 90 valence electrons. The highest BCUT2D eigenvalue weighted by Crippen LogP contribution is 2.14. The van der Waals surface area contributed by atoms with Crippen LogP contribution in [-0.2, 0) is 9.47 Å². The summed E-state index contributed by atoms with van der Waals surface area (Å²) in [4.78, 5) is 2.43. The van der Waals surface area contributed by atoms with Gasteiger partial charge >= 0.3 is 0 Å². The second kappa shape index (κ2) is 7.17. The van der Waals surface area contributed by atoms with Gasteiger partial charge in [0.25, 0.3) is 0 Å². The third-order valence-corrected chi connectivity index (χ3v) is 3.04. The van der Waals surface area contributed by atoms with E-state index >= 15 is 0 Å². The summed E-state index contributed by atoms with van der Waals surface area (Å²) in [6.45, 7) is 7.63. The lowest BCUT2D eigenvalue weighted by molar-refractivity contribution is 0.0484. The Morgan fingerprint density at radius 1 is 1.33 bits per heavy atom. The van der Waals surface area contributed by atoms with Crippen molar-refractivity contribution in [2.75, 3.05) is 46.6 Å². The molecule has 0 saturated carbocycles. The largest absolute Gasteiger partial charge is 0.382 e. The van der Waals surface area contributed by atoms with Gasteiger partial charge in [-0.1, -0.05) is 6.92 Å². The van der Waals surface area contributed by atoms with Gasteiger partial charge in [0, 0.05) is 26.2 Å². The molecule has 2 unspecified atom stereocenters. The molecule has 0 aromatic heterocycles. The van der Waals surface area contributed by atoms with Crippen molar-refractivity contribution in [3.05, 3.63) is 0 Å². The van der Waals surface area contributed by atoms with Crippen LogP contribution in [0.5, 0.6) is 0 Å². The Balaban J connectivity index is 2.02. The Labute approximate surface area is 92.7 Å². The number of likely N-dealkylation sites (tertiary alicyclic amines) is 1. The highest BCUT2D eigenvalue weighted by atomic mass is 16.5. The first kappa shape index (κ1) is 12.9. The Bertz CT molecular complexity index is 167. The molecule has 1 heterocycles. The summed E-state index contributed by atoms with van der Waals surface area (Å²) in [6, 6.07) is 0.385. The molecule has 1 saturated heterocycles. The Kier molecular flexibility index (Phi) is 6.17. The fraction of sp³-hybridized carbons (Fsp3) is 1.00. The molecular formula is C11H24N2O2. The third kappa shape index (κ3) is 4.93. The maximum atomic E-state index is 5.96. The summed E-state index contributed by atoms with van der Waals surface area (Å²) >= 11 is 0. The van der Waals surface area contributed by atoms with Gasteiger partial charge in [0.05, 0.1) is 19.8 Å². The number of methoxy groups -OCH3 is 1. The van der Waals surface area contributed by atoms with Gasteiger partial charge in [0.2, 0.25) is 0 Å². The smallest absolute Gasteiger partial charge is 0.0700 e. The summed E-state index contributed by atoms with van der Waals surface area (Å²) in [7, 11) is 1.69. The van der Waals surface area contributed by atoms with Crippen LogP contribution in [0, 0.1) is 5.92 Å². The first-order valence-corrected chi connectivity index (χ1v) is 5.78. The van der Waals surface area contributed by atoms with Gasteiger partial charge in [-0.15, -0.1) is 0 Å². The number of piperidine rings is 1. The number of hydrogen-bond acceptors (Lipinski definition) is 4. The van der Waals surface area contributed by atoms with E-state index in [2.05, 4.69) is 11.8 Å². The van der Waals surface area contributed by atoms with Crippen LogP contribution in [-0.4, -0.2) is 57.5 Å². The summed E-state index contributed by atoms with van der Waals surface area (Å²) < 4.78 is 10.4. The molecule has 1 aliphatic rings. The van der Waals surface area contributed by atoms with E-state index in [0.717, 1.165) is 32.7 Å². The zero-order valence-corrected chi connectivity index (χ0v) is 9.95. The maximum Gasteiger partial charge on any atom is 0.0700 e. The van der Waals surface area contributed by atoms with Crippen LogP contribution in [0.2, 0.25) is 0 Å². The van der Waals surface area contributed by atoms with Gasteiger partial charge in [0.1, 0.15) is 0 Å². The minimum atomic E-state index is 0.385. The van der Waals surface area contributed by atoms with E-state index < -0.39 is 0 Å². The predicted molar refractivity (Wildman–Crippen MR) is 60.9 cm³/mol. The monoisotopic (exact) mass is 216 g/mol. The molecule has 1 rings (SSSR count). The highest BCUT2D eigenvalue weighted by molar-refractivity contribution is 4.79. The van der Waals surface area contributed by atoms with E-state index in [1.165, 1.54) is 0 Å². The lowest BCUT2D eigenvalue weighted by Gasteiger charge is -2.34. The molecule has 15 heavy (non-hydrogen) atoms. The van der Waals surface area contributed by atoms with Crippen molar-refractivity contribution in [2.24, 2.45) is 11.7 Å². The van der Waals surface area contributed by atoms with E-state index in [0.29, 0.717) is 25.2 Å². The van der Waals surface area contributed by atoms with Crippen LogP contribution in [0.3, 0.4) is 0 Å². The molecule has 0 aromatic rings. The molecule has 4 heteroatoms. The maximum absolute atomic E-state index is 5.96. The zero-order chi connectivity index (χ0) is 11.1. The van der Waals surface area contributed by atoms with Crippen LogP contribution >= 0.6 is 0 Å². The average molecular weight is 216 g/mol. The SMILES string of the molecule is COCCOCCN1CCC(N)C(C)C1. The van der Waals surface area contributed by atoms with Gasteiger partial charge in [-0.3, -0.25) is 0 Å². The molecule has 2 atom stereocenters. The van der Waals surface area contributed by atoms with Crippen LogP contribution in [0.1, 0.15) is 13.3 Å². The summed E-state index contributed by atoms with van der Waals surface area (Å²) in [5.74, 6) is 0.609. The fourth-order valence-corrected chi connectivity index (χ4v) is 1.89.